The molecule has 0 aromatic rings. The highest BCUT2D eigenvalue weighted by atomic mass is 15.0. The van der Waals surface area contributed by atoms with E-state index in [0.29, 0.717) is 0 Å². The van der Waals surface area contributed by atoms with Crippen molar-refractivity contribution in [2.24, 2.45) is 15.8 Å². The molecule has 0 rings (SSSR count). The predicted molar refractivity (Wildman–Crippen MR) is 22.7 cm³/mol. The highest BCUT2D eigenvalue weighted by Gasteiger charge is 1.58. The van der Waals surface area contributed by atoms with E-state index >= 15 is 0 Å². The molecule has 0 heterocycles. The molecule has 0 unspecified atom stereocenters. The molecule has 0 aliphatic rings. The van der Waals surface area contributed by atoms with Crippen LogP contribution in [-0.4, -0.2) is 13.0 Å². The Hall–Kier alpha value is -0.930. The van der Waals surface area contributed by atoms with Gasteiger partial charge in [-0.25, -0.2) is 5.53 Å². The Morgan fingerprint density at radius 1 is 1.83 bits per heavy atom. The summed E-state index contributed by atoms with van der Waals surface area (Å²) >= 11 is 0. The van der Waals surface area contributed by atoms with Crippen molar-refractivity contribution < 1.29 is 0 Å². The van der Waals surface area contributed by atoms with Crippen LogP contribution < -0.4 is 5.73 Å². The minimum absolute atomic E-state index is 0.149. The van der Waals surface area contributed by atoms with Crippen LogP contribution in [0.5, 0.6) is 0 Å². The van der Waals surface area contributed by atoms with Gasteiger partial charge in [0.2, 0.25) is 0 Å². The van der Waals surface area contributed by atoms with Gasteiger partial charge in [-0.2, -0.15) is 5.11 Å². The average Bonchev–Trinajstić information content (AvgIpc) is 1.61. The van der Waals surface area contributed by atoms with Gasteiger partial charge in [0.25, 0.3) is 0 Å². The number of hydrogen-bond donors (Lipinski definition) is 2. The van der Waals surface area contributed by atoms with E-state index in [1.165, 1.54) is 0 Å². The second-order valence-electron chi connectivity index (χ2n) is 0.631. The molecule has 0 saturated heterocycles. The molecule has 0 aliphatic heterocycles. The largest absolute Gasteiger partial charge is 0.390 e. The Labute approximate surface area is 35.6 Å². The second kappa shape index (κ2) is 4.07. The van der Waals surface area contributed by atoms with E-state index in [2.05, 4.69) is 10.1 Å². The van der Waals surface area contributed by atoms with E-state index in [4.69, 9.17) is 11.3 Å². The molecule has 0 aliphatic carbocycles. The molecule has 0 atom stereocenters. The van der Waals surface area contributed by atoms with E-state index in [1.54, 1.807) is 0 Å². The first-order valence-corrected chi connectivity index (χ1v) is 1.45. The Balaban J connectivity index is 2.85. The van der Waals surface area contributed by atoms with Crippen molar-refractivity contribution in [3.05, 3.63) is 0 Å². The topological polar surface area (TPSA) is 74.6 Å². The lowest BCUT2D eigenvalue weighted by atomic mass is 11.1. The van der Waals surface area contributed by atoms with Crippen LogP contribution in [0.1, 0.15) is 0 Å². The summed E-state index contributed by atoms with van der Waals surface area (Å²) < 4.78 is 0. The van der Waals surface area contributed by atoms with Crippen molar-refractivity contribution in [2.45, 2.75) is 0 Å². The van der Waals surface area contributed by atoms with Gasteiger partial charge in [-0.05, 0) is 0 Å². The smallest absolute Gasteiger partial charge is 0.151 e. The lowest BCUT2D eigenvalue weighted by Crippen LogP contribution is -1.87. The predicted octanol–water partition coefficient (Wildman–Crippen LogP) is -0.0381. The normalized spacial score (nSPS) is 9.33. The summed E-state index contributed by atoms with van der Waals surface area (Å²) in [4.78, 5) is 3.39. The highest BCUT2D eigenvalue weighted by molar-refractivity contribution is 5.50. The fourth-order valence-electron chi connectivity index (χ4n) is 0.0880. The Morgan fingerprint density at radius 3 is 2.67 bits per heavy atom. The average molecular weight is 86.1 g/mol. The van der Waals surface area contributed by atoms with Gasteiger partial charge >= 0.3 is 0 Å². The van der Waals surface area contributed by atoms with Gasteiger partial charge in [0.15, 0.2) is 6.67 Å². The molecule has 0 aromatic heterocycles. The standard InChI is InChI=1S/C2H6N4/c3-1-5-2-6-4/h1,4H,2H2,(H2,3,5). The summed E-state index contributed by atoms with van der Waals surface area (Å²) in [6.45, 7) is 0.149. The maximum atomic E-state index is 6.16. The SMILES string of the molecule is N=NCN=CN. The second-order valence-corrected chi connectivity index (χ2v) is 0.631. The Kier molecular flexibility index (Phi) is 3.44. The summed E-state index contributed by atoms with van der Waals surface area (Å²) in [5.41, 5.74) is 10.9. The number of nitrogens with one attached hydrogen (secondary N) is 1. The van der Waals surface area contributed by atoms with Crippen molar-refractivity contribution >= 4 is 6.34 Å². The van der Waals surface area contributed by atoms with Gasteiger partial charge in [0, 0.05) is 0 Å². The fourth-order valence-corrected chi connectivity index (χ4v) is 0.0880. The fraction of sp³-hybridized carbons (Fsp3) is 0.500. The number of rotatable bonds is 2. The van der Waals surface area contributed by atoms with Crippen molar-refractivity contribution in [1.29, 1.82) is 5.53 Å². The zero-order valence-corrected chi connectivity index (χ0v) is 3.26. The van der Waals surface area contributed by atoms with Gasteiger partial charge in [0.1, 0.15) is 0 Å². The van der Waals surface area contributed by atoms with E-state index in [1.807, 2.05) is 0 Å². The molecule has 0 saturated carbocycles. The lowest BCUT2D eigenvalue weighted by Gasteiger charge is -1.71. The molecule has 0 radical (unpaired) electrons. The van der Waals surface area contributed by atoms with E-state index < -0.39 is 0 Å². The monoisotopic (exact) mass is 86.1 g/mol. The van der Waals surface area contributed by atoms with Crippen LogP contribution in [0.25, 0.3) is 0 Å². The molecule has 34 valence electrons. The molecule has 0 amide bonds. The zero-order chi connectivity index (χ0) is 4.83. The number of hydrogen-bond acceptors (Lipinski definition) is 3. The van der Waals surface area contributed by atoms with E-state index in [0.717, 1.165) is 6.34 Å². The zero-order valence-electron chi connectivity index (χ0n) is 3.26. The van der Waals surface area contributed by atoms with Crippen LogP contribution >= 0.6 is 0 Å². The quantitative estimate of drug-likeness (QED) is 0.276. The van der Waals surface area contributed by atoms with Crippen LogP contribution in [0, 0.1) is 5.53 Å². The van der Waals surface area contributed by atoms with Gasteiger partial charge in [-0.15, -0.1) is 0 Å². The molecular formula is C2H6N4. The summed E-state index contributed by atoms with van der Waals surface area (Å²) in [5, 5.41) is 2.90. The molecule has 0 aromatic carbocycles. The lowest BCUT2D eigenvalue weighted by molar-refractivity contribution is 0.920. The van der Waals surface area contributed by atoms with E-state index in [9.17, 15) is 0 Å². The van der Waals surface area contributed by atoms with Gasteiger partial charge in [-0.3, -0.25) is 4.99 Å². The summed E-state index contributed by atoms with van der Waals surface area (Å²) in [6.07, 6.45) is 1.12. The first kappa shape index (κ1) is 5.07. The summed E-state index contributed by atoms with van der Waals surface area (Å²) in [5.74, 6) is 0. The van der Waals surface area contributed by atoms with Crippen LogP contribution in [0.2, 0.25) is 0 Å². The number of nitrogens with two attached hydrogens (primary N) is 1. The van der Waals surface area contributed by atoms with Crippen molar-refractivity contribution in [2.75, 3.05) is 6.67 Å². The third-order valence-corrected chi connectivity index (χ3v) is 0.258. The number of nitrogens with zero attached hydrogens (tertiary/aromatic N) is 2. The Morgan fingerprint density at radius 2 is 2.50 bits per heavy atom. The first-order valence-electron chi connectivity index (χ1n) is 1.45. The maximum Gasteiger partial charge on any atom is 0.151 e. The van der Waals surface area contributed by atoms with Gasteiger partial charge in [0.05, 0.1) is 6.34 Å². The molecular weight excluding hydrogens is 80.0 g/mol. The minimum Gasteiger partial charge on any atom is -0.390 e. The van der Waals surface area contributed by atoms with Crippen LogP contribution in [-0.2, 0) is 0 Å². The molecule has 3 N–H and O–H groups in total. The van der Waals surface area contributed by atoms with Gasteiger partial charge < -0.3 is 5.73 Å². The summed E-state index contributed by atoms with van der Waals surface area (Å²) in [6, 6.07) is 0. The molecule has 0 spiro atoms. The Bertz CT molecular complexity index is 56.6. The van der Waals surface area contributed by atoms with Crippen molar-refractivity contribution in [1.82, 2.24) is 0 Å². The van der Waals surface area contributed by atoms with Crippen molar-refractivity contribution in [3.63, 3.8) is 0 Å². The highest BCUT2D eigenvalue weighted by Crippen LogP contribution is 1.62. The molecule has 0 fully saturated rings. The third-order valence-electron chi connectivity index (χ3n) is 0.258. The molecule has 4 nitrogen and oxygen atoms in total. The number of aliphatic imine (C=N–C) groups is 1. The van der Waals surface area contributed by atoms with Crippen LogP contribution in [0.3, 0.4) is 0 Å². The first-order chi connectivity index (χ1) is 2.91. The molecule has 6 heavy (non-hydrogen) atoms. The molecule has 4 heteroatoms. The van der Waals surface area contributed by atoms with E-state index in [-0.39, 0.29) is 6.67 Å². The van der Waals surface area contributed by atoms with Crippen molar-refractivity contribution in [3.8, 4) is 0 Å². The third kappa shape index (κ3) is 3.07. The maximum absolute atomic E-state index is 6.16. The summed E-state index contributed by atoms with van der Waals surface area (Å²) in [7, 11) is 0. The minimum atomic E-state index is 0.149. The molecule has 0 bridgehead atoms. The van der Waals surface area contributed by atoms with Crippen LogP contribution in [0.4, 0.5) is 0 Å². The van der Waals surface area contributed by atoms with Crippen LogP contribution in [0.15, 0.2) is 10.1 Å². The van der Waals surface area contributed by atoms with Gasteiger partial charge in [-0.1, -0.05) is 0 Å².